The van der Waals surface area contributed by atoms with Crippen molar-refractivity contribution in [1.82, 2.24) is 10.0 Å². The van der Waals surface area contributed by atoms with Gasteiger partial charge in [0.25, 0.3) is 11.8 Å². The molecule has 2 heterocycles. The molecule has 2 atom stereocenters. The van der Waals surface area contributed by atoms with Crippen molar-refractivity contribution in [3.8, 4) is 0 Å². The van der Waals surface area contributed by atoms with Crippen LogP contribution < -0.4 is 10.6 Å². The number of nitrogens with zero attached hydrogens (tertiary/aromatic N) is 4. The summed E-state index contributed by atoms with van der Waals surface area (Å²) >= 11 is 3.41. The van der Waals surface area contributed by atoms with Gasteiger partial charge in [0.1, 0.15) is 6.10 Å². The molecule has 0 bridgehead atoms. The van der Waals surface area contributed by atoms with Gasteiger partial charge in [0, 0.05) is 39.8 Å². The summed E-state index contributed by atoms with van der Waals surface area (Å²) in [5, 5.41) is 18.0. The molecule has 1 fully saturated rings. The molecular formula is C52H47BrN6O6. The number of hydrogen-bond donors (Lipinski definition) is 2. The fourth-order valence-corrected chi connectivity index (χ4v) is 7.69. The highest BCUT2D eigenvalue weighted by Gasteiger charge is 2.35. The fraction of sp³-hybridized carbons (Fsp3) is 0.192. The number of carbonyl (C=O) groups is 4. The molecule has 0 spiro atoms. The van der Waals surface area contributed by atoms with Crippen molar-refractivity contribution in [3.63, 3.8) is 0 Å². The van der Waals surface area contributed by atoms with E-state index in [1.807, 2.05) is 140 Å². The summed E-state index contributed by atoms with van der Waals surface area (Å²) in [6, 6.07) is 49.2. The number of hydrogen-bond acceptors (Lipinski definition) is 8. The number of nitrogens with one attached hydrogen (secondary N) is 2. The fourth-order valence-electron chi connectivity index (χ4n) is 7.43. The lowest BCUT2D eigenvalue weighted by Gasteiger charge is -2.22. The van der Waals surface area contributed by atoms with Gasteiger partial charge < -0.3 is 9.47 Å². The Kier molecular flexibility index (Phi) is 13.9. The van der Waals surface area contributed by atoms with E-state index in [9.17, 15) is 19.2 Å². The number of rotatable bonds is 10. The van der Waals surface area contributed by atoms with E-state index >= 15 is 0 Å². The van der Waals surface area contributed by atoms with Crippen molar-refractivity contribution in [3.05, 3.63) is 201 Å². The highest BCUT2D eigenvalue weighted by Crippen LogP contribution is 2.36. The molecule has 13 heteroatoms. The van der Waals surface area contributed by atoms with Crippen LogP contribution in [0.3, 0.4) is 0 Å². The van der Waals surface area contributed by atoms with Crippen LogP contribution in [0.2, 0.25) is 0 Å². The van der Waals surface area contributed by atoms with Gasteiger partial charge >= 0.3 is 12.2 Å². The molecule has 0 radical (unpaired) electrons. The van der Waals surface area contributed by atoms with Crippen molar-refractivity contribution >= 4 is 62.7 Å². The summed E-state index contributed by atoms with van der Waals surface area (Å²) in [5.41, 5.74) is 9.10. The third-order valence-corrected chi connectivity index (χ3v) is 11.5. The Morgan fingerprint density at radius 1 is 0.585 bits per heavy atom. The first-order valence-corrected chi connectivity index (χ1v) is 22.3. The van der Waals surface area contributed by atoms with Crippen LogP contribution in [-0.4, -0.2) is 58.2 Å². The third kappa shape index (κ3) is 11.2. The molecule has 0 aromatic heterocycles. The molecule has 2 unspecified atom stereocenters. The summed E-state index contributed by atoms with van der Waals surface area (Å²) in [5.74, 6) is -0.276. The highest BCUT2D eigenvalue weighted by atomic mass is 79.9. The van der Waals surface area contributed by atoms with E-state index < -0.39 is 12.2 Å². The number of aryl methyl sites for hydroxylation is 1. The van der Waals surface area contributed by atoms with E-state index in [1.165, 1.54) is 0 Å². The molecule has 3 aliphatic rings. The minimum Gasteiger partial charge on any atom is -0.450 e. The zero-order chi connectivity index (χ0) is 45.3. The Balaban J connectivity index is 0.000000177. The van der Waals surface area contributed by atoms with Crippen LogP contribution in [0.15, 0.2) is 172 Å². The topological polar surface area (TPSA) is 142 Å². The number of halogens is 1. The van der Waals surface area contributed by atoms with Crippen molar-refractivity contribution in [1.29, 1.82) is 0 Å². The van der Waals surface area contributed by atoms with E-state index in [-0.39, 0.29) is 30.0 Å². The first-order valence-electron chi connectivity index (χ1n) is 21.5. The number of amides is 4. The Labute approximate surface area is 386 Å². The van der Waals surface area contributed by atoms with Gasteiger partial charge in [0.15, 0.2) is 0 Å². The van der Waals surface area contributed by atoms with Crippen molar-refractivity contribution < 1.29 is 28.7 Å². The number of anilines is 2. The lowest BCUT2D eigenvalue weighted by atomic mass is 9.98. The van der Waals surface area contributed by atoms with E-state index in [1.54, 1.807) is 41.2 Å². The molecule has 12 nitrogen and oxygen atoms in total. The van der Waals surface area contributed by atoms with E-state index in [2.05, 4.69) is 26.6 Å². The van der Waals surface area contributed by atoms with Gasteiger partial charge in [-0.2, -0.15) is 10.2 Å². The van der Waals surface area contributed by atoms with Crippen LogP contribution in [0.1, 0.15) is 93.2 Å². The molecule has 65 heavy (non-hydrogen) atoms. The molecule has 2 N–H and O–H groups in total. The van der Waals surface area contributed by atoms with Crippen LogP contribution in [0, 0.1) is 6.92 Å². The van der Waals surface area contributed by atoms with Crippen molar-refractivity contribution in [2.75, 3.05) is 17.2 Å². The van der Waals surface area contributed by atoms with Crippen LogP contribution in [0.5, 0.6) is 0 Å². The van der Waals surface area contributed by atoms with Crippen LogP contribution in [-0.2, 0) is 9.47 Å². The highest BCUT2D eigenvalue weighted by molar-refractivity contribution is 9.10. The summed E-state index contributed by atoms with van der Waals surface area (Å²) in [6.07, 6.45) is 2.22. The minimum atomic E-state index is -0.492. The maximum Gasteiger partial charge on any atom is 0.411 e. The van der Waals surface area contributed by atoms with Crippen molar-refractivity contribution in [2.24, 2.45) is 10.2 Å². The number of benzene rings is 6. The summed E-state index contributed by atoms with van der Waals surface area (Å²) in [4.78, 5) is 50.1. The maximum atomic E-state index is 13.3. The van der Waals surface area contributed by atoms with Crippen LogP contribution in [0.25, 0.3) is 0 Å². The van der Waals surface area contributed by atoms with Crippen LogP contribution in [0.4, 0.5) is 21.0 Å². The number of ether oxygens (including phenoxy) is 2. The van der Waals surface area contributed by atoms with Gasteiger partial charge in [0.05, 0.1) is 30.1 Å². The zero-order valence-corrected chi connectivity index (χ0v) is 37.5. The quantitative estimate of drug-likeness (QED) is 0.140. The summed E-state index contributed by atoms with van der Waals surface area (Å²) in [6.45, 7) is 4.06. The molecule has 1 aliphatic carbocycles. The minimum absolute atomic E-state index is 0.0593. The molecule has 1 saturated carbocycles. The van der Waals surface area contributed by atoms with Gasteiger partial charge in [-0.05, 0) is 110 Å². The second kappa shape index (κ2) is 20.4. The predicted octanol–water partition coefficient (Wildman–Crippen LogP) is 11.7. The number of hydrazone groups is 2. The molecule has 2 aliphatic heterocycles. The first-order chi connectivity index (χ1) is 31.6. The lowest BCUT2D eigenvalue weighted by Crippen LogP contribution is -2.27. The maximum absolute atomic E-state index is 13.3. The zero-order valence-electron chi connectivity index (χ0n) is 35.9. The third-order valence-electron chi connectivity index (χ3n) is 11.0. The second-order valence-electron chi connectivity index (χ2n) is 15.8. The average molecular weight is 932 g/mol. The second-order valence-corrected chi connectivity index (χ2v) is 16.7. The van der Waals surface area contributed by atoms with Gasteiger partial charge in [-0.1, -0.05) is 119 Å². The van der Waals surface area contributed by atoms with E-state index in [4.69, 9.17) is 19.7 Å². The standard InChI is InChI=1S/C27H25N3O3.C25H22BrN3O3/c1-18-7-9-21(10-8-18)26(31)30-25(20-5-3-2-4-6-20)17-24(29-30)19-11-13-22(14-12-19)28-27(32)33-23-15-16-23;1-2-32-25(31)27-21-14-10-17(11-15-21)22-16-23(18-6-4-3-5-7-18)29(28-22)24(30)19-8-12-20(26)13-9-19/h2-14,23,25H,15-17H2,1H3,(H,28,32);3-15,23H,2,16H2,1H3,(H,27,31). The molecule has 9 rings (SSSR count). The molecule has 6 aromatic rings. The molecular weight excluding hydrogens is 885 g/mol. The molecule has 6 aromatic carbocycles. The first kappa shape index (κ1) is 44.2. The van der Waals surface area contributed by atoms with Crippen LogP contribution >= 0.6 is 15.9 Å². The summed E-state index contributed by atoms with van der Waals surface area (Å²) in [7, 11) is 0. The van der Waals surface area contributed by atoms with Gasteiger partial charge in [0.2, 0.25) is 0 Å². The monoisotopic (exact) mass is 930 g/mol. The lowest BCUT2D eigenvalue weighted by molar-refractivity contribution is 0.0704. The number of carbonyl (C=O) groups excluding carboxylic acids is 4. The smallest absolute Gasteiger partial charge is 0.411 e. The van der Waals surface area contributed by atoms with E-state index in [0.717, 1.165) is 56.6 Å². The van der Waals surface area contributed by atoms with Gasteiger partial charge in [-0.25, -0.2) is 19.6 Å². The molecule has 328 valence electrons. The summed E-state index contributed by atoms with van der Waals surface area (Å²) < 4.78 is 11.1. The van der Waals surface area contributed by atoms with E-state index in [0.29, 0.717) is 42.0 Å². The molecule has 4 amide bonds. The Bertz CT molecular complexity index is 2690. The van der Waals surface area contributed by atoms with Gasteiger partial charge in [-0.15, -0.1) is 0 Å². The van der Waals surface area contributed by atoms with Crippen molar-refractivity contribution in [2.45, 2.75) is 57.7 Å². The Morgan fingerprint density at radius 2 is 1.02 bits per heavy atom. The SMILES string of the molecule is CCOC(=O)Nc1ccc(C2=NN(C(=O)c3ccc(Br)cc3)C(c3ccccc3)C2)cc1.Cc1ccc(C(=O)N2N=C(c3ccc(NC(=O)OC4CC4)cc3)CC2c2ccccc2)cc1. The average Bonchev–Trinajstić information content (AvgIpc) is 3.84. The largest absolute Gasteiger partial charge is 0.450 e. The normalized spacial score (nSPS) is 16.4. The Hall–Kier alpha value is -7.38. The molecule has 0 saturated heterocycles. The van der Waals surface area contributed by atoms with Gasteiger partial charge in [-0.3, -0.25) is 20.2 Å². The predicted molar refractivity (Wildman–Crippen MR) is 255 cm³/mol. The Morgan fingerprint density at radius 3 is 1.45 bits per heavy atom.